The molecule has 1 heterocycles. The third-order valence-electron chi connectivity index (χ3n) is 4.12. The molecule has 17 heavy (non-hydrogen) atoms. The molecule has 1 aromatic carbocycles. The quantitative estimate of drug-likeness (QED) is 0.623. The molecule has 1 spiro atoms. The molecule has 2 fully saturated rings. The van der Waals surface area contributed by atoms with Gasteiger partial charge in [0.2, 0.25) is 0 Å². The Labute approximate surface area is 102 Å². The minimum atomic E-state index is -0.831. The van der Waals surface area contributed by atoms with E-state index in [1.807, 2.05) is 30.3 Å². The van der Waals surface area contributed by atoms with Gasteiger partial charge in [0, 0.05) is 6.42 Å². The van der Waals surface area contributed by atoms with E-state index in [2.05, 4.69) is 5.92 Å². The van der Waals surface area contributed by atoms with E-state index in [0.29, 0.717) is 6.42 Å². The van der Waals surface area contributed by atoms with E-state index in [0.717, 1.165) is 24.8 Å². The van der Waals surface area contributed by atoms with E-state index in [1.165, 1.54) is 0 Å². The lowest BCUT2D eigenvalue weighted by Crippen LogP contribution is -2.40. The Balaban J connectivity index is 1.89. The van der Waals surface area contributed by atoms with Gasteiger partial charge in [-0.25, -0.2) is 0 Å². The van der Waals surface area contributed by atoms with E-state index in [9.17, 15) is 5.11 Å². The SMILES string of the molecule is C#CC[C@@]1(O)CCC[C@]12O[C@H]2c1ccccc1. The summed E-state index contributed by atoms with van der Waals surface area (Å²) in [7, 11) is 0. The highest BCUT2D eigenvalue weighted by Gasteiger charge is 2.70. The summed E-state index contributed by atoms with van der Waals surface area (Å²) >= 11 is 0. The molecule has 1 saturated carbocycles. The van der Waals surface area contributed by atoms with Crippen LogP contribution in [0.15, 0.2) is 30.3 Å². The van der Waals surface area contributed by atoms with Gasteiger partial charge < -0.3 is 9.84 Å². The average molecular weight is 228 g/mol. The summed E-state index contributed by atoms with van der Waals surface area (Å²) in [6.07, 6.45) is 8.41. The zero-order valence-electron chi connectivity index (χ0n) is 9.73. The lowest BCUT2D eigenvalue weighted by molar-refractivity contribution is -0.0121. The van der Waals surface area contributed by atoms with Gasteiger partial charge in [0.15, 0.2) is 0 Å². The summed E-state index contributed by atoms with van der Waals surface area (Å²) in [5.41, 5.74) is -0.104. The first-order valence-corrected chi connectivity index (χ1v) is 6.10. The lowest BCUT2D eigenvalue weighted by Gasteiger charge is -2.25. The van der Waals surface area contributed by atoms with Crippen LogP contribution >= 0.6 is 0 Å². The number of rotatable bonds is 2. The predicted octanol–water partition coefficient (Wildman–Crippen LogP) is 2.44. The molecule has 0 unspecified atom stereocenters. The number of ether oxygens (including phenoxy) is 1. The van der Waals surface area contributed by atoms with E-state index < -0.39 is 11.2 Å². The van der Waals surface area contributed by atoms with Gasteiger partial charge >= 0.3 is 0 Å². The molecule has 1 aromatic rings. The summed E-state index contributed by atoms with van der Waals surface area (Å²) in [5, 5.41) is 10.6. The summed E-state index contributed by atoms with van der Waals surface area (Å²) in [6, 6.07) is 10.1. The van der Waals surface area contributed by atoms with Crippen molar-refractivity contribution in [3.63, 3.8) is 0 Å². The standard InChI is InChI=1S/C15H16O2/c1-2-9-14(16)10-6-11-15(14)13(17-15)12-7-4-3-5-8-12/h1,3-5,7-8,13,16H,6,9-11H2/t13-,14+,15+/m0/s1. The maximum atomic E-state index is 10.6. The fourth-order valence-electron chi connectivity index (χ4n) is 3.18. The van der Waals surface area contributed by atoms with Crippen molar-refractivity contribution in [2.45, 2.75) is 43.0 Å². The predicted molar refractivity (Wildman–Crippen MR) is 65.2 cm³/mol. The third-order valence-corrected chi connectivity index (χ3v) is 4.12. The smallest absolute Gasteiger partial charge is 0.129 e. The third kappa shape index (κ3) is 1.43. The molecule has 3 rings (SSSR count). The molecule has 1 aliphatic heterocycles. The molecule has 0 radical (unpaired) electrons. The van der Waals surface area contributed by atoms with Gasteiger partial charge in [-0.15, -0.1) is 12.3 Å². The Morgan fingerprint density at radius 3 is 2.82 bits per heavy atom. The molecule has 3 atom stereocenters. The molecule has 1 saturated heterocycles. The van der Waals surface area contributed by atoms with Crippen LogP contribution in [0.3, 0.4) is 0 Å². The summed E-state index contributed by atoms with van der Waals surface area (Å²) in [5.74, 6) is 2.59. The van der Waals surface area contributed by atoms with Crippen LogP contribution in [0.2, 0.25) is 0 Å². The molecular formula is C15H16O2. The number of aliphatic hydroxyl groups is 1. The second kappa shape index (κ2) is 3.60. The Morgan fingerprint density at radius 2 is 2.12 bits per heavy atom. The van der Waals surface area contributed by atoms with Crippen molar-refractivity contribution in [2.75, 3.05) is 0 Å². The first-order chi connectivity index (χ1) is 8.22. The Hall–Kier alpha value is -1.30. The number of epoxide rings is 1. The van der Waals surface area contributed by atoms with E-state index in [1.54, 1.807) is 0 Å². The van der Waals surface area contributed by atoms with Crippen molar-refractivity contribution in [1.82, 2.24) is 0 Å². The van der Waals surface area contributed by atoms with Crippen molar-refractivity contribution in [3.05, 3.63) is 35.9 Å². The highest BCUT2D eigenvalue weighted by Crippen LogP contribution is 2.64. The van der Waals surface area contributed by atoms with Gasteiger partial charge in [-0.3, -0.25) is 0 Å². The van der Waals surface area contributed by atoms with Gasteiger partial charge in [-0.05, 0) is 24.8 Å². The van der Waals surface area contributed by atoms with Gasteiger partial charge in [-0.1, -0.05) is 30.3 Å². The molecule has 1 N–H and O–H groups in total. The zero-order valence-corrected chi connectivity index (χ0v) is 9.73. The Morgan fingerprint density at radius 1 is 1.35 bits per heavy atom. The van der Waals surface area contributed by atoms with Crippen LogP contribution in [0, 0.1) is 12.3 Å². The fourth-order valence-corrected chi connectivity index (χ4v) is 3.18. The molecule has 88 valence electrons. The lowest BCUT2D eigenvalue weighted by atomic mass is 9.83. The van der Waals surface area contributed by atoms with Crippen LogP contribution in [0.25, 0.3) is 0 Å². The van der Waals surface area contributed by atoms with Crippen LogP contribution < -0.4 is 0 Å². The largest absolute Gasteiger partial charge is 0.386 e. The van der Waals surface area contributed by atoms with Gasteiger partial charge in [0.25, 0.3) is 0 Å². The monoisotopic (exact) mass is 228 g/mol. The van der Waals surface area contributed by atoms with Gasteiger partial charge in [0.1, 0.15) is 17.3 Å². The summed E-state index contributed by atoms with van der Waals surface area (Å²) in [6.45, 7) is 0. The maximum absolute atomic E-state index is 10.6. The Kier molecular flexibility index (Phi) is 2.29. The van der Waals surface area contributed by atoms with Crippen LogP contribution in [-0.4, -0.2) is 16.3 Å². The van der Waals surface area contributed by atoms with E-state index in [4.69, 9.17) is 11.2 Å². The molecule has 0 amide bonds. The maximum Gasteiger partial charge on any atom is 0.129 e. The van der Waals surface area contributed by atoms with Crippen molar-refractivity contribution in [3.8, 4) is 12.3 Å². The normalized spacial score (nSPS) is 39.2. The van der Waals surface area contributed by atoms with Crippen molar-refractivity contribution < 1.29 is 9.84 Å². The van der Waals surface area contributed by atoms with Crippen molar-refractivity contribution in [2.24, 2.45) is 0 Å². The first kappa shape index (κ1) is 10.8. The molecule has 1 aliphatic carbocycles. The highest BCUT2D eigenvalue weighted by atomic mass is 16.6. The van der Waals surface area contributed by atoms with Gasteiger partial charge in [0.05, 0.1) is 0 Å². The van der Waals surface area contributed by atoms with E-state index >= 15 is 0 Å². The number of hydrogen-bond acceptors (Lipinski definition) is 2. The second-order valence-corrected chi connectivity index (χ2v) is 5.06. The van der Waals surface area contributed by atoms with Crippen LogP contribution in [-0.2, 0) is 4.74 Å². The average Bonchev–Trinajstić information content (AvgIpc) is 2.98. The number of terminal acetylenes is 1. The topological polar surface area (TPSA) is 32.8 Å². The van der Waals surface area contributed by atoms with Crippen LogP contribution in [0.4, 0.5) is 0 Å². The zero-order chi connectivity index (χ0) is 11.9. The first-order valence-electron chi connectivity index (χ1n) is 6.10. The fraction of sp³-hybridized carbons (Fsp3) is 0.467. The molecule has 2 nitrogen and oxygen atoms in total. The molecule has 0 aromatic heterocycles. The molecule has 2 heteroatoms. The number of benzene rings is 1. The van der Waals surface area contributed by atoms with E-state index in [-0.39, 0.29) is 6.10 Å². The number of hydrogen-bond donors (Lipinski definition) is 1. The van der Waals surface area contributed by atoms with Gasteiger partial charge in [-0.2, -0.15) is 0 Å². The van der Waals surface area contributed by atoms with Crippen molar-refractivity contribution >= 4 is 0 Å². The summed E-state index contributed by atoms with van der Waals surface area (Å²) < 4.78 is 5.87. The summed E-state index contributed by atoms with van der Waals surface area (Å²) in [4.78, 5) is 0. The minimum absolute atomic E-state index is 0.0181. The molecule has 2 aliphatic rings. The highest BCUT2D eigenvalue weighted by molar-refractivity contribution is 5.32. The van der Waals surface area contributed by atoms with Crippen LogP contribution in [0.5, 0.6) is 0 Å². The minimum Gasteiger partial charge on any atom is -0.386 e. The van der Waals surface area contributed by atoms with Crippen LogP contribution in [0.1, 0.15) is 37.4 Å². The Bertz CT molecular complexity index is 462. The molecule has 0 bridgehead atoms. The molecular weight excluding hydrogens is 212 g/mol. The second-order valence-electron chi connectivity index (χ2n) is 5.06. The van der Waals surface area contributed by atoms with Crippen molar-refractivity contribution in [1.29, 1.82) is 0 Å².